The van der Waals surface area contributed by atoms with Gasteiger partial charge in [-0.05, 0) is 13.0 Å². The van der Waals surface area contributed by atoms with Crippen LogP contribution in [0.15, 0.2) is 24.3 Å². The fourth-order valence-corrected chi connectivity index (χ4v) is 1.26. The van der Waals surface area contributed by atoms with Gasteiger partial charge in [0.25, 0.3) is 11.6 Å². The predicted octanol–water partition coefficient (Wildman–Crippen LogP) is 1.63. The summed E-state index contributed by atoms with van der Waals surface area (Å²) < 4.78 is 0. The van der Waals surface area contributed by atoms with Crippen molar-refractivity contribution < 1.29 is 9.72 Å². The molecule has 6 heteroatoms. The minimum atomic E-state index is -0.560. The highest BCUT2D eigenvalue weighted by atomic mass is 16.6. The van der Waals surface area contributed by atoms with E-state index in [9.17, 15) is 14.9 Å². The van der Waals surface area contributed by atoms with Gasteiger partial charge < -0.3 is 5.32 Å². The van der Waals surface area contributed by atoms with Crippen molar-refractivity contribution in [2.24, 2.45) is 0 Å². The molecule has 0 aliphatic heterocycles. The van der Waals surface area contributed by atoms with Crippen LogP contribution in [0.1, 0.15) is 23.7 Å². The zero-order valence-electron chi connectivity index (χ0n) is 9.21. The zero-order valence-corrected chi connectivity index (χ0v) is 9.21. The van der Waals surface area contributed by atoms with Crippen molar-refractivity contribution in [1.29, 1.82) is 5.26 Å². The van der Waals surface area contributed by atoms with E-state index in [1.807, 2.05) is 6.07 Å². The molecule has 1 aromatic rings. The maximum absolute atomic E-state index is 11.7. The third kappa shape index (κ3) is 3.57. The summed E-state index contributed by atoms with van der Waals surface area (Å²) in [6.07, 6.45) is 0.195. The number of amides is 1. The van der Waals surface area contributed by atoms with Gasteiger partial charge in [-0.3, -0.25) is 14.9 Å². The Morgan fingerprint density at radius 1 is 1.65 bits per heavy atom. The summed E-state index contributed by atoms with van der Waals surface area (Å²) in [6, 6.07) is 7.10. The van der Waals surface area contributed by atoms with E-state index < -0.39 is 10.8 Å². The summed E-state index contributed by atoms with van der Waals surface area (Å²) in [5.74, 6) is -0.420. The molecule has 6 nitrogen and oxygen atoms in total. The SMILES string of the molecule is CC(CC#N)NC(=O)c1cccc([N+](=O)[O-])c1. The van der Waals surface area contributed by atoms with Crippen molar-refractivity contribution in [3.8, 4) is 6.07 Å². The van der Waals surface area contributed by atoms with E-state index in [-0.39, 0.29) is 23.7 Å². The van der Waals surface area contributed by atoms with Gasteiger partial charge in [0.05, 0.1) is 17.4 Å². The molecule has 1 unspecified atom stereocenters. The summed E-state index contributed by atoms with van der Waals surface area (Å²) in [5.41, 5.74) is 0.0783. The molecule has 0 saturated heterocycles. The second-order valence-electron chi connectivity index (χ2n) is 3.54. The minimum Gasteiger partial charge on any atom is -0.349 e. The third-order valence-electron chi connectivity index (χ3n) is 2.09. The van der Waals surface area contributed by atoms with Gasteiger partial charge in [-0.2, -0.15) is 5.26 Å². The maximum Gasteiger partial charge on any atom is 0.270 e. The lowest BCUT2D eigenvalue weighted by Crippen LogP contribution is -2.32. The molecule has 88 valence electrons. The number of nitro groups is 1. The Kier molecular flexibility index (Phi) is 4.17. The molecule has 1 N–H and O–H groups in total. The van der Waals surface area contributed by atoms with Crippen LogP contribution < -0.4 is 5.32 Å². The van der Waals surface area contributed by atoms with E-state index in [1.165, 1.54) is 24.3 Å². The van der Waals surface area contributed by atoms with Crippen LogP contribution in [0.3, 0.4) is 0 Å². The minimum absolute atomic E-state index is 0.134. The molecule has 0 spiro atoms. The summed E-state index contributed by atoms with van der Waals surface area (Å²) in [7, 11) is 0. The van der Waals surface area contributed by atoms with Gasteiger partial charge in [0.15, 0.2) is 0 Å². The molecule has 17 heavy (non-hydrogen) atoms. The quantitative estimate of drug-likeness (QED) is 0.631. The molecule has 1 atom stereocenters. The Morgan fingerprint density at radius 2 is 2.35 bits per heavy atom. The van der Waals surface area contributed by atoms with Gasteiger partial charge in [-0.25, -0.2) is 0 Å². The highest BCUT2D eigenvalue weighted by Crippen LogP contribution is 2.13. The Labute approximate surface area is 98.0 Å². The first-order valence-electron chi connectivity index (χ1n) is 4.97. The largest absolute Gasteiger partial charge is 0.349 e. The lowest BCUT2D eigenvalue weighted by molar-refractivity contribution is -0.384. The maximum atomic E-state index is 11.7. The van der Waals surface area contributed by atoms with Crippen molar-refractivity contribution in [2.75, 3.05) is 0 Å². The normalized spacial score (nSPS) is 11.3. The smallest absolute Gasteiger partial charge is 0.270 e. The number of nitrogens with one attached hydrogen (secondary N) is 1. The monoisotopic (exact) mass is 233 g/mol. The summed E-state index contributed by atoms with van der Waals surface area (Å²) >= 11 is 0. The molecule has 1 rings (SSSR count). The molecule has 0 heterocycles. The van der Waals surface area contributed by atoms with Crippen LogP contribution in [-0.4, -0.2) is 16.9 Å². The molecule has 0 radical (unpaired) electrons. The second-order valence-corrected chi connectivity index (χ2v) is 3.54. The molecule has 0 aromatic heterocycles. The van der Waals surface area contributed by atoms with E-state index in [0.717, 1.165) is 0 Å². The van der Waals surface area contributed by atoms with Crippen LogP contribution in [0.2, 0.25) is 0 Å². The predicted molar refractivity (Wildman–Crippen MR) is 60.3 cm³/mol. The number of hydrogen-bond acceptors (Lipinski definition) is 4. The van der Waals surface area contributed by atoms with Crippen LogP contribution in [0.4, 0.5) is 5.69 Å². The first-order chi connectivity index (χ1) is 8.04. The number of carbonyl (C=O) groups excluding carboxylic acids is 1. The number of hydrogen-bond donors (Lipinski definition) is 1. The number of carbonyl (C=O) groups is 1. The lowest BCUT2D eigenvalue weighted by atomic mass is 10.1. The Morgan fingerprint density at radius 3 is 2.94 bits per heavy atom. The van der Waals surface area contributed by atoms with Crippen molar-refractivity contribution in [3.63, 3.8) is 0 Å². The number of nitro benzene ring substituents is 1. The number of rotatable bonds is 4. The second kappa shape index (κ2) is 5.61. The molecular formula is C11H11N3O3. The van der Waals surface area contributed by atoms with Crippen molar-refractivity contribution in [2.45, 2.75) is 19.4 Å². The summed E-state index contributed by atoms with van der Waals surface area (Å²) in [6.45, 7) is 1.69. The van der Waals surface area contributed by atoms with E-state index in [1.54, 1.807) is 6.92 Å². The van der Waals surface area contributed by atoms with Crippen LogP contribution in [0, 0.1) is 21.4 Å². The highest BCUT2D eigenvalue weighted by Gasteiger charge is 2.13. The van der Waals surface area contributed by atoms with Crippen LogP contribution in [0.25, 0.3) is 0 Å². The van der Waals surface area contributed by atoms with Gasteiger partial charge >= 0.3 is 0 Å². The summed E-state index contributed by atoms with van der Waals surface area (Å²) in [5, 5.41) is 21.6. The van der Waals surface area contributed by atoms with Gasteiger partial charge in [-0.1, -0.05) is 6.07 Å². The third-order valence-corrected chi connectivity index (χ3v) is 2.09. The Balaban J connectivity index is 2.79. The lowest BCUT2D eigenvalue weighted by Gasteiger charge is -2.09. The first kappa shape index (κ1) is 12.6. The van der Waals surface area contributed by atoms with Gasteiger partial charge in [0, 0.05) is 23.7 Å². The fraction of sp³-hybridized carbons (Fsp3) is 0.273. The molecule has 1 aromatic carbocycles. The molecule has 0 aliphatic carbocycles. The Hall–Kier alpha value is -2.42. The van der Waals surface area contributed by atoms with E-state index in [2.05, 4.69) is 5.32 Å². The first-order valence-corrected chi connectivity index (χ1v) is 4.97. The van der Waals surface area contributed by atoms with E-state index >= 15 is 0 Å². The molecule has 1 amide bonds. The zero-order chi connectivity index (χ0) is 12.8. The number of nitrogens with zero attached hydrogens (tertiary/aromatic N) is 2. The highest BCUT2D eigenvalue weighted by molar-refractivity contribution is 5.94. The average Bonchev–Trinajstić information content (AvgIpc) is 2.29. The molecule has 0 fully saturated rings. The number of non-ortho nitro benzene ring substituents is 1. The summed E-state index contributed by atoms with van der Waals surface area (Å²) in [4.78, 5) is 21.6. The average molecular weight is 233 g/mol. The van der Waals surface area contributed by atoms with Crippen LogP contribution in [0.5, 0.6) is 0 Å². The van der Waals surface area contributed by atoms with E-state index in [0.29, 0.717) is 0 Å². The topological polar surface area (TPSA) is 96.0 Å². The molecule has 0 bridgehead atoms. The molecule has 0 saturated carbocycles. The van der Waals surface area contributed by atoms with Gasteiger partial charge in [0.2, 0.25) is 0 Å². The van der Waals surface area contributed by atoms with Gasteiger partial charge in [-0.15, -0.1) is 0 Å². The van der Waals surface area contributed by atoms with Crippen LogP contribution in [-0.2, 0) is 0 Å². The Bertz CT molecular complexity index is 479. The van der Waals surface area contributed by atoms with Crippen molar-refractivity contribution in [3.05, 3.63) is 39.9 Å². The molecular weight excluding hydrogens is 222 g/mol. The standard InChI is InChI=1S/C11H11N3O3/c1-8(5-6-12)13-11(15)9-3-2-4-10(7-9)14(16)17/h2-4,7-8H,5H2,1H3,(H,13,15). The van der Waals surface area contributed by atoms with Crippen LogP contribution >= 0.6 is 0 Å². The molecule has 0 aliphatic rings. The van der Waals surface area contributed by atoms with Crippen molar-refractivity contribution in [1.82, 2.24) is 5.32 Å². The number of nitriles is 1. The number of benzene rings is 1. The van der Waals surface area contributed by atoms with Crippen molar-refractivity contribution >= 4 is 11.6 Å². The van der Waals surface area contributed by atoms with E-state index in [4.69, 9.17) is 5.26 Å². The fourth-order valence-electron chi connectivity index (χ4n) is 1.26. The van der Waals surface area contributed by atoms with Gasteiger partial charge in [0.1, 0.15) is 0 Å².